The van der Waals surface area contributed by atoms with E-state index < -0.39 is 76.4 Å². The molecule has 4 N–H and O–H groups in total. The van der Waals surface area contributed by atoms with Gasteiger partial charge in [-0.25, -0.2) is 4.79 Å². The van der Waals surface area contributed by atoms with Crippen molar-refractivity contribution in [3.05, 3.63) is 47.5 Å². The van der Waals surface area contributed by atoms with Crippen LogP contribution in [0.4, 0.5) is 37.0 Å². The monoisotopic (exact) mass is 620 g/mol. The van der Waals surface area contributed by atoms with Crippen LogP contribution in [-0.2, 0) is 17.1 Å². The summed E-state index contributed by atoms with van der Waals surface area (Å²) in [4.78, 5) is 26.4. The Morgan fingerprint density at radius 2 is 1.65 bits per heavy atom. The zero-order chi connectivity index (χ0) is 32.3. The normalized spacial score (nSPS) is 14.7. The van der Waals surface area contributed by atoms with Crippen LogP contribution in [0.5, 0.6) is 0 Å². The second-order valence-electron chi connectivity index (χ2n) is 10.8. The number of aliphatic hydroxyl groups is 1. The average molecular weight is 621 g/mol. The molecule has 0 radical (unpaired) electrons. The number of alkyl halides is 6. The molecular weight excluding hydrogens is 590 g/mol. The third-order valence-electron chi connectivity index (χ3n) is 6.43. The molecule has 236 valence electrons. The molecule has 11 nitrogen and oxygen atoms in total. The summed E-state index contributed by atoms with van der Waals surface area (Å²) in [6, 6.07) is -0.640. The molecular formula is C26H30F6N6O5. The van der Waals surface area contributed by atoms with Crippen LogP contribution >= 0.6 is 0 Å². The summed E-state index contributed by atoms with van der Waals surface area (Å²) in [7, 11) is 0. The minimum Gasteiger partial charge on any atom is -0.465 e. The van der Waals surface area contributed by atoms with Crippen molar-refractivity contribution in [1.29, 1.82) is 0 Å². The number of unbranched alkanes of at least 4 members (excludes halogenated alkanes) is 1. The van der Waals surface area contributed by atoms with E-state index in [1.807, 2.05) is 0 Å². The van der Waals surface area contributed by atoms with E-state index in [1.165, 1.54) is 12.3 Å². The number of H-pyrrole nitrogens is 1. The summed E-state index contributed by atoms with van der Waals surface area (Å²) in [5.41, 5.74) is -5.01. The molecule has 0 fully saturated rings. The summed E-state index contributed by atoms with van der Waals surface area (Å²) in [5, 5.41) is 37.4. The Morgan fingerprint density at radius 3 is 2.12 bits per heavy atom. The van der Waals surface area contributed by atoms with E-state index in [-0.39, 0.29) is 18.3 Å². The van der Waals surface area contributed by atoms with Gasteiger partial charge in [0.2, 0.25) is 11.8 Å². The summed E-state index contributed by atoms with van der Waals surface area (Å²) < 4.78 is 86.1. The summed E-state index contributed by atoms with van der Waals surface area (Å²) in [6.45, 7) is 6.50. The smallest absolute Gasteiger partial charge is 0.416 e. The number of benzene rings is 1. The van der Waals surface area contributed by atoms with Crippen LogP contribution in [0.15, 0.2) is 34.9 Å². The number of nitrogens with zero attached hydrogens (tertiary/aromatic N) is 4. The highest BCUT2D eigenvalue weighted by atomic mass is 19.4. The van der Waals surface area contributed by atoms with Crippen LogP contribution in [0.1, 0.15) is 70.0 Å². The number of hydrogen-bond donors (Lipinski definition) is 4. The maximum Gasteiger partial charge on any atom is 0.416 e. The SMILES string of the molecule is CCCC[C@@H]([C@@H](O)C(=O)Nc1ccn[nH]1)N(C(=O)O)C(c1nnc(-c2cc(C(F)(F)F)cc(C(F)(F)F)c2)o1)C(C)(C)C. The molecule has 3 atom stereocenters. The first-order chi connectivity index (χ1) is 19.8. The molecule has 0 bridgehead atoms. The molecule has 3 rings (SSSR count). The number of carbonyl (C=O) groups excluding carboxylic acids is 1. The van der Waals surface area contributed by atoms with Crippen molar-refractivity contribution in [2.24, 2.45) is 5.41 Å². The lowest BCUT2D eigenvalue weighted by atomic mass is 9.83. The lowest BCUT2D eigenvalue weighted by molar-refractivity contribution is -0.143. The Kier molecular flexibility index (Phi) is 9.78. The van der Waals surface area contributed by atoms with Crippen LogP contribution in [0.2, 0.25) is 0 Å². The van der Waals surface area contributed by atoms with Gasteiger partial charge in [0.1, 0.15) is 11.9 Å². The van der Waals surface area contributed by atoms with Gasteiger partial charge in [0.25, 0.3) is 5.91 Å². The molecule has 1 unspecified atom stereocenters. The summed E-state index contributed by atoms with van der Waals surface area (Å²) in [6.07, 6.45) is -11.5. The van der Waals surface area contributed by atoms with Crippen LogP contribution in [0.3, 0.4) is 0 Å². The molecule has 17 heteroatoms. The Morgan fingerprint density at radius 1 is 1.05 bits per heavy atom. The molecule has 2 heterocycles. The molecule has 0 aliphatic carbocycles. The van der Waals surface area contributed by atoms with E-state index in [2.05, 4.69) is 25.7 Å². The highest BCUT2D eigenvalue weighted by Crippen LogP contribution is 2.42. The number of carbonyl (C=O) groups is 2. The fourth-order valence-electron chi connectivity index (χ4n) is 4.46. The Balaban J connectivity index is 2.11. The van der Waals surface area contributed by atoms with Gasteiger partial charge in [-0.05, 0) is 30.0 Å². The van der Waals surface area contributed by atoms with Gasteiger partial charge < -0.3 is 19.9 Å². The maximum absolute atomic E-state index is 13.4. The van der Waals surface area contributed by atoms with Gasteiger partial charge in [-0.2, -0.15) is 31.4 Å². The van der Waals surface area contributed by atoms with Gasteiger partial charge in [0.05, 0.1) is 23.4 Å². The van der Waals surface area contributed by atoms with Gasteiger partial charge in [-0.3, -0.25) is 14.8 Å². The predicted molar refractivity (Wildman–Crippen MR) is 138 cm³/mol. The highest BCUT2D eigenvalue weighted by molar-refractivity contribution is 5.94. The molecule has 0 saturated carbocycles. The van der Waals surface area contributed by atoms with Crippen molar-refractivity contribution in [3.63, 3.8) is 0 Å². The van der Waals surface area contributed by atoms with Crippen molar-refractivity contribution in [3.8, 4) is 11.5 Å². The number of anilines is 1. The van der Waals surface area contributed by atoms with E-state index >= 15 is 0 Å². The summed E-state index contributed by atoms with van der Waals surface area (Å²) in [5.74, 6) is -2.03. The van der Waals surface area contributed by atoms with Crippen LogP contribution in [0, 0.1) is 5.41 Å². The second-order valence-corrected chi connectivity index (χ2v) is 10.8. The molecule has 0 saturated heterocycles. The first kappa shape index (κ1) is 33.4. The number of halogens is 6. The first-order valence-corrected chi connectivity index (χ1v) is 13.0. The Hall–Kier alpha value is -4.15. The zero-order valence-electron chi connectivity index (χ0n) is 23.4. The standard InChI is InChI=1S/C26H30F6N6O5/c1-5-6-7-16(18(39)20(40)34-17-8-9-33-35-17)38(23(41)42)19(24(2,3)4)22-37-36-21(43-22)13-10-14(25(27,28)29)12-15(11-13)26(30,31)32/h8-12,16,18-19,39H,5-7H2,1-4H3,(H,41,42)(H2,33,34,35,40)/t16-,18+,19?/m0/s1. The maximum atomic E-state index is 13.4. The molecule has 2 aromatic heterocycles. The number of carboxylic acid groups (broad SMARTS) is 1. The van der Waals surface area contributed by atoms with Crippen molar-refractivity contribution in [1.82, 2.24) is 25.3 Å². The Labute approximate surface area is 241 Å². The third-order valence-corrected chi connectivity index (χ3v) is 6.43. The number of aromatic nitrogens is 4. The van der Waals surface area contributed by atoms with Gasteiger partial charge >= 0.3 is 18.4 Å². The molecule has 0 aliphatic rings. The van der Waals surface area contributed by atoms with Crippen LogP contribution in [0.25, 0.3) is 11.5 Å². The van der Waals surface area contributed by atoms with E-state index in [1.54, 1.807) is 27.7 Å². The van der Waals surface area contributed by atoms with Gasteiger partial charge in [0, 0.05) is 11.6 Å². The van der Waals surface area contributed by atoms with Crippen LogP contribution in [-0.4, -0.2) is 59.7 Å². The minimum absolute atomic E-state index is 0.00346. The number of aliphatic hydroxyl groups excluding tert-OH is 1. The quantitative estimate of drug-likeness (QED) is 0.197. The van der Waals surface area contributed by atoms with Crippen molar-refractivity contribution >= 4 is 17.8 Å². The molecule has 1 aromatic carbocycles. The molecule has 0 aliphatic heterocycles. The molecule has 3 aromatic rings. The fourth-order valence-corrected chi connectivity index (χ4v) is 4.46. The lowest BCUT2D eigenvalue weighted by Crippen LogP contribution is -2.54. The highest BCUT2D eigenvalue weighted by Gasteiger charge is 2.46. The number of aromatic amines is 1. The van der Waals surface area contributed by atoms with E-state index in [4.69, 9.17) is 4.42 Å². The van der Waals surface area contributed by atoms with Gasteiger partial charge in [-0.15, -0.1) is 10.2 Å². The van der Waals surface area contributed by atoms with Crippen molar-refractivity contribution in [2.45, 2.75) is 77.5 Å². The topological polar surface area (TPSA) is 157 Å². The second kappa shape index (κ2) is 12.6. The van der Waals surface area contributed by atoms with E-state index in [9.17, 15) is 46.1 Å². The number of rotatable bonds is 10. The molecule has 0 spiro atoms. The summed E-state index contributed by atoms with van der Waals surface area (Å²) >= 11 is 0. The Bertz CT molecular complexity index is 1370. The average Bonchev–Trinajstić information content (AvgIpc) is 3.58. The minimum atomic E-state index is -5.13. The third kappa shape index (κ3) is 8.03. The number of amides is 2. The van der Waals surface area contributed by atoms with E-state index in [0.29, 0.717) is 25.0 Å². The van der Waals surface area contributed by atoms with Gasteiger partial charge in [0.15, 0.2) is 6.10 Å². The van der Waals surface area contributed by atoms with Crippen molar-refractivity contribution in [2.75, 3.05) is 5.32 Å². The number of nitrogens with one attached hydrogen (secondary N) is 2. The van der Waals surface area contributed by atoms with Gasteiger partial charge in [-0.1, -0.05) is 40.5 Å². The molecule has 2 amide bonds. The largest absolute Gasteiger partial charge is 0.465 e. The van der Waals surface area contributed by atoms with Crippen molar-refractivity contribution < 1.29 is 50.6 Å². The number of hydrogen-bond acceptors (Lipinski definition) is 7. The molecule has 43 heavy (non-hydrogen) atoms. The predicted octanol–water partition coefficient (Wildman–Crippen LogP) is 6.12. The van der Waals surface area contributed by atoms with Crippen LogP contribution < -0.4 is 5.32 Å². The fraction of sp³-hybridized carbons (Fsp3) is 0.500. The zero-order valence-corrected chi connectivity index (χ0v) is 23.4. The van der Waals surface area contributed by atoms with E-state index in [0.717, 1.165) is 4.90 Å². The first-order valence-electron chi connectivity index (χ1n) is 13.0. The lowest BCUT2D eigenvalue weighted by Gasteiger charge is -2.42.